The van der Waals surface area contributed by atoms with Crippen molar-refractivity contribution in [2.24, 2.45) is 5.92 Å². The third-order valence-corrected chi connectivity index (χ3v) is 1.77. The highest BCUT2D eigenvalue weighted by Crippen LogP contribution is 2.01. The number of carbonyl (C=O) groups is 1. The largest absolute Gasteiger partial charge is 0.465 e. The number of hydrogen-bond acceptors (Lipinski definition) is 3. The maximum atomic E-state index is 10.8. The normalized spacial score (nSPS) is 12.6. The first-order chi connectivity index (χ1) is 5.20. The van der Waals surface area contributed by atoms with E-state index in [0.29, 0.717) is 24.7 Å². The SMILES string of the molecule is CCC(C)COC(=O)CCS. The summed E-state index contributed by atoms with van der Waals surface area (Å²) in [5.41, 5.74) is 0. The first kappa shape index (κ1) is 10.8. The zero-order chi connectivity index (χ0) is 8.69. The van der Waals surface area contributed by atoms with Crippen LogP contribution in [-0.4, -0.2) is 18.3 Å². The maximum absolute atomic E-state index is 10.8. The molecule has 0 amide bonds. The van der Waals surface area contributed by atoms with Gasteiger partial charge in [0.05, 0.1) is 13.0 Å². The fourth-order valence-electron chi connectivity index (χ4n) is 0.517. The van der Waals surface area contributed by atoms with Crippen molar-refractivity contribution in [2.75, 3.05) is 12.4 Å². The van der Waals surface area contributed by atoms with Gasteiger partial charge in [-0.1, -0.05) is 20.3 Å². The highest BCUT2D eigenvalue weighted by Gasteiger charge is 2.03. The Bertz CT molecular complexity index is 115. The van der Waals surface area contributed by atoms with Crippen molar-refractivity contribution >= 4 is 18.6 Å². The smallest absolute Gasteiger partial charge is 0.306 e. The van der Waals surface area contributed by atoms with Crippen LogP contribution in [0.5, 0.6) is 0 Å². The minimum Gasteiger partial charge on any atom is -0.465 e. The van der Waals surface area contributed by atoms with Crippen molar-refractivity contribution in [2.45, 2.75) is 26.7 Å². The molecule has 0 rings (SSSR count). The van der Waals surface area contributed by atoms with E-state index in [-0.39, 0.29) is 5.97 Å². The Labute approximate surface area is 73.7 Å². The molecule has 0 aromatic carbocycles. The number of thiol groups is 1. The topological polar surface area (TPSA) is 26.3 Å². The van der Waals surface area contributed by atoms with Gasteiger partial charge in [-0.2, -0.15) is 12.6 Å². The Balaban J connectivity index is 3.30. The van der Waals surface area contributed by atoms with Crippen LogP contribution in [0.3, 0.4) is 0 Å². The summed E-state index contributed by atoms with van der Waals surface area (Å²) in [4.78, 5) is 10.8. The zero-order valence-electron chi connectivity index (χ0n) is 7.17. The molecule has 0 fully saturated rings. The number of hydrogen-bond donors (Lipinski definition) is 1. The van der Waals surface area contributed by atoms with Gasteiger partial charge in [0.25, 0.3) is 0 Å². The van der Waals surface area contributed by atoms with E-state index < -0.39 is 0 Å². The van der Waals surface area contributed by atoms with Crippen molar-refractivity contribution in [3.63, 3.8) is 0 Å². The third kappa shape index (κ3) is 6.23. The predicted molar refractivity (Wildman–Crippen MR) is 48.9 cm³/mol. The fourth-order valence-corrected chi connectivity index (χ4v) is 0.699. The molecule has 0 aromatic rings. The molecule has 0 N–H and O–H groups in total. The summed E-state index contributed by atoms with van der Waals surface area (Å²) in [5, 5.41) is 0. The summed E-state index contributed by atoms with van der Waals surface area (Å²) in [6.07, 6.45) is 1.47. The molecule has 0 heterocycles. The van der Waals surface area contributed by atoms with Gasteiger partial charge in [0, 0.05) is 5.75 Å². The second kappa shape index (κ2) is 6.53. The standard InChI is InChI=1S/C8H16O2S/c1-3-7(2)6-10-8(9)4-5-11/h7,11H,3-6H2,1-2H3. The average molecular weight is 176 g/mol. The van der Waals surface area contributed by atoms with Crippen LogP contribution in [0.2, 0.25) is 0 Å². The van der Waals surface area contributed by atoms with Crippen LogP contribution in [-0.2, 0) is 9.53 Å². The van der Waals surface area contributed by atoms with E-state index in [1.807, 2.05) is 0 Å². The molecular weight excluding hydrogens is 160 g/mol. The van der Waals surface area contributed by atoms with Crippen LogP contribution < -0.4 is 0 Å². The van der Waals surface area contributed by atoms with Crippen molar-refractivity contribution in [3.8, 4) is 0 Å². The van der Waals surface area contributed by atoms with Gasteiger partial charge in [-0.25, -0.2) is 0 Å². The molecule has 0 spiro atoms. The van der Waals surface area contributed by atoms with Gasteiger partial charge < -0.3 is 4.74 Å². The minimum atomic E-state index is -0.139. The number of ether oxygens (including phenoxy) is 1. The molecule has 66 valence electrons. The summed E-state index contributed by atoms with van der Waals surface area (Å²) in [6, 6.07) is 0. The molecular formula is C8H16O2S. The summed E-state index contributed by atoms with van der Waals surface area (Å²) >= 11 is 3.93. The van der Waals surface area contributed by atoms with Gasteiger partial charge in [0.2, 0.25) is 0 Å². The molecule has 0 radical (unpaired) electrons. The summed E-state index contributed by atoms with van der Waals surface area (Å²) in [7, 11) is 0. The van der Waals surface area contributed by atoms with E-state index in [1.54, 1.807) is 0 Å². The van der Waals surface area contributed by atoms with E-state index >= 15 is 0 Å². The number of rotatable bonds is 5. The molecule has 0 saturated heterocycles. The van der Waals surface area contributed by atoms with E-state index in [2.05, 4.69) is 26.5 Å². The van der Waals surface area contributed by atoms with Gasteiger partial charge in [-0.15, -0.1) is 0 Å². The Morgan fingerprint density at radius 2 is 2.27 bits per heavy atom. The lowest BCUT2D eigenvalue weighted by Crippen LogP contribution is -2.11. The Hall–Kier alpha value is -0.180. The van der Waals surface area contributed by atoms with Gasteiger partial charge in [-0.05, 0) is 5.92 Å². The molecule has 2 nitrogen and oxygen atoms in total. The Morgan fingerprint density at radius 1 is 1.64 bits per heavy atom. The van der Waals surface area contributed by atoms with Crippen LogP contribution in [0.1, 0.15) is 26.7 Å². The zero-order valence-corrected chi connectivity index (χ0v) is 8.06. The van der Waals surface area contributed by atoms with Crippen LogP contribution in [0, 0.1) is 5.92 Å². The van der Waals surface area contributed by atoms with E-state index in [1.165, 1.54) is 0 Å². The highest BCUT2D eigenvalue weighted by atomic mass is 32.1. The molecule has 0 aliphatic carbocycles. The molecule has 0 saturated carbocycles. The molecule has 0 aliphatic heterocycles. The lowest BCUT2D eigenvalue weighted by atomic mass is 10.1. The highest BCUT2D eigenvalue weighted by molar-refractivity contribution is 7.80. The summed E-state index contributed by atoms with van der Waals surface area (Å²) in [5.74, 6) is 0.901. The fraction of sp³-hybridized carbons (Fsp3) is 0.875. The lowest BCUT2D eigenvalue weighted by Gasteiger charge is -2.08. The number of carbonyl (C=O) groups excluding carboxylic acids is 1. The molecule has 0 aromatic heterocycles. The molecule has 3 heteroatoms. The van der Waals surface area contributed by atoms with Gasteiger partial charge in [-0.3, -0.25) is 4.79 Å². The maximum Gasteiger partial charge on any atom is 0.306 e. The van der Waals surface area contributed by atoms with E-state index in [0.717, 1.165) is 6.42 Å². The molecule has 11 heavy (non-hydrogen) atoms. The van der Waals surface area contributed by atoms with E-state index in [4.69, 9.17) is 4.74 Å². The predicted octanol–water partition coefficient (Wildman–Crippen LogP) is 1.90. The van der Waals surface area contributed by atoms with Crippen molar-refractivity contribution in [1.82, 2.24) is 0 Å². The van der Waals surface area contributed by atoms with Crippen molar-refractivity contribution in [1.29, 1.82) is 0 Å². The molecule has 1 unspecified atom stereocenters. The minimum absolute atomic E-state index is 0.139. The summed E-state index contributed by atoms with van der Waals surface area (Å²) < 4.78 is 4.95. The molecule has 0 bridgehead atoms. The second-order valence-corrected chi connectivity index (χ2v) is 3.12. The van der Waals surface area contributed by atoms with Crippen LogP contribution in [0.4, 0.5) is 0 Å². The van der Waals surface area contributed by atoms with Crippen molar-refractivity contribution in [3.05, 3.63) is 0 Å². The van der Waals surface area contributed by atoms with Gasteiger partial charge >= 0.3 is 5.97 Å². The summed E-state index contributed by atoms with van der Waals surface area (Å²) in [6.45, 7) is 4.69. The third-order valence-electron chi connectivity index (χ3n) is 1.54. The molecule has 0 aliphatic rings. The number of esters is 1. The molecule has 1 atom stereocenters. The van der Waals surface area contributed by atoms with Crippen LogP contribution >= 0.6 is 12.6 Å². The average Bonchev–Trinajstić information content (AvgIpc) is 2.01. The monoisotopic (exact) mass is 176 g/mol. The lowest BCUT2D eigenvalue weighted by molar-refractivity contribution is -0.144. The van der Waals surface area contributed by atoms with Gasteiger partial charge in [0.1, 0.15) is 0 Å². The Morgan fingerprint density at radius 3 is 2.73 bits per heavy atom. The first-order valence-corrected chi connectivity index (χ1v) is 4.60. The van der Waals surface area contributed by atoms with E-state index in [9.17, 15) is 4.79 Å². The Kier molecular flexibility index (Phi) is 6.42. The second-order valence-electron chi connectivity index (χ2n) is 2.67. The van der Waals surface area contributed by atoms with Crippen LogP contribution in [0.15, 0.2) is 0 Å². The van der Waals surface area contributed by atoms with Crippen molar-refractivity contribution < 1.29 is 9.53 Å². The quantitative estimate of drug-likeness (QED) is 0.511. The van der Waals surface area contributed by atoms with Crippen LogP contribution in [0.25, 0.3) is 0 Å². The van der Waals surface area contributed by atoms with Gasteiger partial charge in [0.15, 0.2) is 0 Å². The first-order valence-electron chi connectivity index (χ1n) is 3.97.